The SMILES string of the molecule is CCN(c1ccc(NC(=O)CN2C(=O)NC3(CC(C)CC(C)(C)C3)C2=O)cc1)C(C)C. The van der Waals surface area contributed by atoms with Crippen molar-refractivity contribution < 1.29 is 14.4 Å². The second-order valence-electron chi connectivity index (χ2n) is 10.2. The molecule has 1 aromatic carbocycles. The maximum absolute atomic E-state index is 13.2. The molecule has 4 amide bonds. The van der Waals surface area contributed by atoms with E-state index < -0.39 is 11.6 Å². The van der Waals surface area contributed by atoms with Gasteiger partial charge in [0.25, 0.3) is 5.91 Å². The van der Waals surface area contributed by atoms with Crippen molar-refractivity contribution in [3.05, 3.63) is 24.3 Å². The third-order valence-electron chi connectivity index (χ3n) is 6.37. The molecule has 1 aliphatic carbocycles. The normalized spacial score (nSPS) is 25.1. The molecule has 0 bridgehead atoms. The van der Waals surface area contributed by atoms with Crippen molar-refractivity contribution in [2.75, 3.05) is 23.3 Å². The Labute approximate surface area is 185 Å². The molecule has 2 aliphatic rings. The second-order valence-corrected chi connectivity index (χ2v) is 10.2. The van der Waals surface area contributed by atoms with Crippen LogP contribution in [-0.4, -0.2) is 47.4 Å². The van der Waals surface area contributed by atoms with Crippen LogP contribution in [0.3, 0.4) is 0 Å². The van der Waals surface area contributed by atoms with Crippen LogP contribution in [0, 0.1) is 11.3 Å². The molecule has 1 spiro atoms. The number of amides is 4. The fourth-order valence-corrected chi connectivity index (χ4v) is 5.58. The Morgan fingerprint density at radius 2 is 1.87 bits per heavy atom. The number of nitrogens with one attached hydrogen (secondary N) is 2. The summed E-state index contributed by atoms with van der Waals surface area (Å²) in [5.41, 5.74) is 0.798. The molecule has 7 heteroatoms. The summed E-state index contributed by atoms with van der Waals surface area (Å²) in [6.45, 7) is 13.4. The Hall–Kier alpha value is -2.57. The van der Waals surface area contributed by atoms with Crippen LogP contribution in [0.2, 0.25) is 0 Å². The van der Waals surface area contributed by atoms with E-state index in [1.54, 1.807) is 0 Å². The molecule has 1 saturated heterocycles. The van der Waals surface area contributed by atoms with Crippen molar-refractivity contribution in [2.24, 2.45) is 11.3 Å². The maximum Gasteiger partial charge on any atom is 0.325 e. The summed E-state index contributed by atoms with van der Waals surface area (Å²) in [5.74, 6) is -0.334. The van der Waals surface area contributed by atoms with Crippen molar-refractivity contribution in [1.29, 1.82) is 0 Å². The van der Waals surface area contributed by atoms with Crippen LogP contribution in [0.15, 0.2) is 24.3 Å². The summed E-state index contributed by atoms with van der Waals surface area (Å²) in [6, 6.07) is 7.52. The molecule has 1 aromatic rings. The van der Waals surface area contributed by atoms with Crippen LogP contribution >= 0.6 is 0 Å². The molecule has 31 heavy (non-hydrogen) atoms. The van der Waals surface area contributed by atoms with E-state index in [0.29, 0.717) is 30.5 Å². The largest absolute Gasteiger partial charge is 0.369 e. The zero-order valence-electron chi connectivity index (χ0n) is 19.6. The molecule has 0 aromatic heterocycles. The van der Waals surface area contributed by atoms with Gasteiger partial charge in [0, 0.05) is 24.0 Å². The van der Waals surface area contributed by atoms with E-state index >= 15 is 0 Å². The summed E-state index contributed by atoms with van der Waals surface area (Å²) in [6.07, 6.45) is 2.23. The quantitative estimate of drug-likeness (QED) is 0.671. The van der Waals surface area contributed by atoms with Crippen LogP contribution in [0.25, 0.3) is 0 Å². The molecule has 3 rings (SSSR count). The minimum atomic E-state index is -0.888. The smallest absolute Gasteiger partial charge is 0.325 e. The molecular weight excluding hydrogens is 392 g/mol. The maximum atomic E-state index is 13.2. The molecular formula is C24H36N4O3. The summed E-state index contributed by atoms with van der Waals surface area (Å²) >= 11 is 0. The number of urea groups is 1. The summed E-state index contributed by atoms with van der Waals surface area (Å²) in [5, 5.41) is 5.72. The molecule has 1 saturated carbocycles. The standard InChI is InChI=1S/C24H36N4O3/c1-7-27(16(2)3)19-10-8-18(9-11-19)25-20(29)14-28-21(30)24(26-22(28)31)13-17(4)12-23(5,6)15-24/h8-11,16-17H,7,12-15H2,1-6H3,(H,25,29)(H,26,31). The minimum Gasteiger partial charge on any atom is -0.369 e. The van der Waals surface area contributed by atoms with Gasteiger partial charge in [0.1, 0.15) is 12.1 Å². The molecule has 170 valence electrons. The first kappa shape index (κ1) is 23.1. The average molecular weight is 429 g/mol. The summed E-state index contributed by atoms with van der Waals surface area (Å²) in [4.78, 5) is 41.7. The molecule has 2 atom stereocenters. The second kappa shape index (κ2) is 8.52. The van der Waals surface area contributed by atoms with E-state index in [4.69, 9.17) is 0 Å². The number of carbonyl (C=O) groups excluding carboxylic acids is 3. The predicted octanol–water partition coefficient (Wildman–Crippen LogP) is 4.00. The van der Waals surface area contributed by atoms with Crippen LogP contribution in [0.1, 0.15) is 60.8 Å². The number of benzene rings is 1. The summed E-state index contributed by atoms with van der Waals surface area (Å²) in [7, 11) is 0. The van der Waals surface area contributed by atoms with Gasteiger partial charge in [-0.15, -0.1) is 0 Å². The number of hydrogen-bond donors (Lipinski definition) is 2. The third-order valence-corrected chi connectivity index (χ3v) is 6.37. The third kappa shape index (κ3) is 4.86. The highest BCUT2D eigenvalue weighted by Crippen LogP contribution is 2.46. The van der Waals surface area contributed by atoms with Gasteiger partial charge in [0.05, 0.1) is 0 Å². The van der Waals surface area contributed by atoms with Crippen molar-refractivity contribution in [3.63, 3.8) is 0 Å². The van der Waals surface area contributed by atoms with Gasteiger partial charge in [0.15, 0.2) is 0 Å². The van der Waals surface area contributed by atoms with Gasteiger partial charge in [0.2, 0.25) is 5.91 Å². The van der Waals surface area contributed by atoms with Crippen molar-refractivity contribution >= 4 is 29.2 Å². The lowest BCUT2D eigenvalue weighted by atomic mass is 9.64. The fourth-order valence-electron chi connectivity index (χ4n) is 5.58. The average Bonchev–Trinajstić information content (AvgIpc) is 2.85. The van der Waals surface area contributed by atoms with E-state index in [0.717, 1.165) is 23.6 Å². The Kier molecular flexibility index (Phi) is 6.35. The Morgan fingerprint density at radius 3 is 2.42 bits per heavy atom. The van der Waals surface area contributed by atoms with E-state index in [9.17, 15) is 14.4 Å². The van der Waals surface area contributed by atoms with Crippen molar-refractivity contribution in [3.8, 4) is 0 Å². The molecule has 2 unspecified atom stereocenters. The molecule has 1 aliphatic heterocycles. The van der Waals surface area contributed by atoms with Crippen LogP contribution in [0.5, 0.6) is 0 Å². The lowest BCUT2D eigenvalue weighted by Gasteiger charge is -2.43. The van der Waals surface area contributed by atoms with Gasteiger partial charge >= 0.3 is 6.03 Å². The van der Waals surface area contributed by atoms with Gasteiger partial charge < -0.3 is 15.5 Å². The molecule has 2 N–H and O–H groups in total. The fraction of sp³-hybridized carbons (Fsp3) is 0.625. The molecule has 0 radical (unpaired) electrons. The minimum absolute atomic E-state index is 0.0387. The number of nitrogens with zero attached hydrogens (tertiary/aromatic N) is 2. The first-order valence-corrected chi connectivity index (χ1v) is 11.3. The highest BCUT2D eigenvalue weighted by molar-refractivity contribution is 6.10. The van der Waals surface area contributed by atoms with E-state index in [1.807, 2.05) is 24.3 Å². The van der Waals surface area contributed by atoms with E-state index in [-0.39, 0.29) is 23.8 Å². The van der Waals surface area contributed by atoms with Gasteiger partial charge in [-0.3, -0.25) is 14.5 Å². The first-order valence-electron chi connectivity index (χ1n) is 11.3. The van der Waals surface area contributed by atoms with Gasteiger partial charge in [-0.1, -0.05) is 20.8 Å². The van der Waals surface area contributed by atoms with Crippen molar-refractivity contribution in [2.45, 2.75) is 72.4 Å². The van der Waals surface area contributed by atoms with Gasteiger partial charge in [-0.05, 0) is 75.6 Å². The van der Waals surface area contributed by atoms with Crippen LogP contribution < -0.4 is 15.5 Å². The Bertz CT molecular complexity index is 849. The predicted molar refractivity (Wildman–Crippen MR) is 123 cm³/mol. The van der Waals surface area contributed by atoms with E-state index in [2.05, 4.69) is 57.1 Å². The highest BCUT2D eigenvalue weighted by atomic mass is 16.2. The number of hydrogen-bond acceptors (Lipinski definition) is 4. The Morgan fingerprint density at radius 1 is 1.23 bits per heavy atom. The topological polar surface area (TPSA) is 81.8 Å². The van der Waals surface area contributed by atoms with Gasteiger partial charge in [-0.25, -0.2) is 4.79 Å². The first-order chi connectivity index (χ1) is 14.5. The number of rotatable bonds is 6. The molecule has 2 fully saturated rings. The number of anilines is 2. The number of carbonyl (C=O) groups is 3. The van der Waals surface area contributed by atoms with Crippen molar-refractivity contribution in [1.82, 2.24) is 10.2 Å². The lowest BCUT2D eigenvalue weighted by Crippen LogP contribution is -2.54. The molecule has 7 nitrogen and oxygen atoms in total. The highest BCUT2D eigenvalue weighted by Gasteiger charge is 2.56. The number of imide groups is 1. The molecule has 1 heterocycles. The monoisotopic (exact) mass is 428 g/mol. The lowest BCUT2D eigenvalue weighted by molar-refractivity contribution is -0.136. The van der Waals surface area contributed by atoms with Crippen LogP contribution in [-0.2, 0) is 9.59 Å². The van der Waals surface area contributed by atoms with Crippen LogP contribution in [0.4, 0.5) is 16.2 Å². The zero-order chi connectivity index (χ0) is 23.0. The zero-order valence-corrected chi connectivity index (χ0v) is 19.6. The Balaban J connectivity index is 1.66. The summed E-state index contributed by atoms with van der Waals surface area (Å²) < 4.78 is 0. The van der Waals surface area contributed by atoms with Gasteiger partial charge in [-0.2, -0.15) is 0 Å². The van der Waals surface area contributed by atoms with E-state index in [1.165, 1.54) is 0 Å².